The molecule has 0 aliphatic carbocycles. The van der Waals surface area contributed by atoms with Gasteiger partial charge in [0.1, 0.15) is 36.6 Å². The number of aliphatic hydroxyl groups is 10. The summed E-state index contributed by atoms with van der Waals surface area (Å²) in [5, 5.41) is 105. The number of anilines is 3. The SMILES string of the molecule is C[C@H](/C=C/CCO)[C@@]1(O)C(=O)N(Cc2ccc(NC(=O)[C@H]3O[C@@H](O)[C@H](O)[C@@H](O)[C@@H]3O)cc2)c2ccc(NC(=O)[C@H]3O[C@@H](O)[C@H](O)[C@@H](O)[C@@H]3O)cc21. The lowest BCUT2D eigenvalue weighted by atomic mass is 9.82. The Morgan fingerprint density at radius 3 is 1.84 bits per heavy atom. The van der Waals surface area contributed by atoms with Crippen molar-refractivity contribution >= 4 is 34.8 Å². The van der Waals surface area contributed by atoms with Crippen molar-refractivity contribution in [2.45, 2.75) is 86.9 Å². The summed E-state index contributed by atoms with van der Waals surface area (Å²) in [7, 11) is 0. The van der Waals surface area contributed by atoms with Crippen LogP contribution < -0.4 is 15.5 Å². The van der Waals surface area contributed by atoms with Crippen LogP contribution in [0.2, 0.25) is 0 Å². The number of fused-ring (bicyclic) bond motifs is 1. The van der Waals surface area contributed by atoms with Crippen LogP contribution in [-0.4, -0.2) is 137 Å². The Morgan fingerprint density at radius 1 is 0.804 bits per heavy atom. The first-order chi connectivity index (χ1) is 24.1. The summed E-state index contributed by atoms with van der Waals surface area (Å²) >= 11 is 0. The van der Waals surface area contributed by atoms with Crippen molar-refractivity contribution < 1.29 is 74.9 Å². The molecule has 12 N–H and O–H groups in total. The first kappa shape index (κ1) is 38.3. The highest BCUT2D eigenvalue weighted by atomic mass is 16.6. The number of amides is 3. The standard InChI is InChI=1S/C33H41N3O15/c1-14(4-2-3-11-37)33(49)18-12-17(35-29(45)27-23(41)21(39)25(43)31(47)51-27)9-10-19(18)36(32(33)48)13-15-5-7-16(8-6-15)34-28(44)26-22(40)20(38)24(42)30(46)50-26/h2,4-10,12,14,20-27,30-31,37-43,46-47,49H,3,11,13H2,1H3,(H,34,44)(H,35,45)/b4-2+/t14-,20+,21+,22+,23+,24-,25-,26+,27+,30-,31-,33+/m1/s1. The van der Waals surface area contributed by atoms with Crippen LogP contribution in [0.5, 0.6) is 0 Å². The Morgan fingerprint density at radius 2 is 1.31 bits per heavy atom. The number of ether oxygens (including phenoxy) is 2. The molecular formula is C33H41N3O15. The van der Waals surface area contributed by atoms with Crippen molar-refractivity contribution in [3.05, 3.63) is 65.7 Å². The normalized spacial score (nSPS) is 34.3. The fraction of sp³-hybridized carbons (Fsp3) is 0.485. The fourth-order valence-corrected chi connectivity index (χ4v) is 6.15. The van der Waals surface area contributed by atoms with E-state index in [2.05, 4.69) is 10.6 Å². The number of benzene rings is 2. The minimum atomic E-state index is -2.16. The predicted octanol–water partition coefficient (Wildman–Crippen LogP) is -3.53. The van der Waals surface area contributed by atoms with E-state index in [9.17, 15) is 65.4 Å². The minimum absolute atomic E-state index is 0.0611. The van der Waals surface area contributed by atoms with Crippen LogP contribution in [0.25, 0.3) is 0 Å². The summed E-state index contributed by atoms with van der Waals surface area (Å²) in [4.78, 5) is 41.0. The first-order valence-electron chi connectivity index (χ1n) is 16.0. The van der Waals surface area contributed by atoms with E-state index in [0.717, 1.165) is 0 Å². The van der Waals surface area contributed by atoms with Gasteiger partial charge >= 0.3 is 0 Å². The summed E-state index contributed by atoms with van der Waals surface area (Å²) in [5.41, 5.74) is -0.933. The average Bonchev–Trinajstić information content (AvgIpc) is 3.32. The van der Waals surface area contributed by atoms with Crippen LogP contribution in [0.3, 0.4) is 0 Å². The van der Waals surface area contributed by atoms with Crippen molar-refractivity contribution in [1.82, 2.24) is 0 Å². The third kappa shape index (κ3) is 7.40. The molecule has 0 aromatic heterocycles. The molecule has 278 valence electrons. The fourth-order valence-electron chi connectivity index (χ4n) is 6.15. The monoisotopic (exact) mass is 719 g/mol. The quantitative estimate of drug-likeness (QED) is 0.106. The highest BCUT2D eigenvalue weighted by molar-refractivity contribution is 6.08. The highest BCUT2D eigenvalue weighted by Gasteiger charge is 2.53. The molecule has 18 nitrogen and oxygen atoms in total. The van der Waals surface area contributed by atoms with Crippen molar-refractivity contribution in [1.29, 1.82) is 0 Å². The van der Waals surface area contributed by atoms with Gasteiger partial charge in [-0.2, -0.15) is 0 Å². The van der Waals surface area contributed by atoms with E-state index >= 15 is 0 Å². The Balaban J connectivity index is 1.36. The molecule has 5 rings (SSSR count). The molecule has 2 saturated heterocycles. The summed E-state index contributed by atoms with van der Waals surface area (Å²) in [6.45, 7) is 1.36. The zero-order valence-corrected chi connectivity index (χ0v) is 27.1. The van der Waals surface area contributed by atoms with Gasteiger partial charge in [-0.1, -0.05) is 31.2 Å². The lowest BCUT2D eigenvalue weighted by Crippen LogP contribution is -2.60. The summed E-state index contributed by atoms with van der Waals surface area (Å²) in [5.74, 6) is -3.45. The maximum absolute atomic E-state index is 14.0. The largest absolute Gasteiger partial charge is 0.396 e. The smallest absolute Gasteiger partial charge is 0.264 e. The zero-order chi connectivity index (χ0) is 37.4. The van der Waals surface area contributed by atoms with Crippen molar-refractivity contribution in [3.63, 3.8) is 0 Å². The minimum Gasteiger partial charge on any atom is -0.396 e. The predicted molar refractivity (Wildman–Crippen MR) is 173 cm³/mol. The lowest BCUT2D eigenvalue weighted by molar-refractivity contribution is -0.274. The van der Waals surface area contributed by atoms with Gasteiger partial charge in [-0.3, -0.25) is 14.4 Å². The number of carbonyl (C=O) groups excluding carboxylic acids is 3. The first-order valence-corrected chi connectivity index (χ1v) is 16.0. The zero-order valence-electron chi connectivity index (χ0n) is 27.1. The molecule has 51 heavy (non-hydrogen) atoms. The highest BCUT2D eigenvalue weighted by Crippen LogP contribution is 2.47. The number of nitrogens with one attached hydrogen (secondary N) is 2. The number of hydrogen-bond acceptors (Lipinski definition) is 15. The second-order valence-corrected chi connectivity index (χ2v) is 12.6. The van der Waals surface area contributed by atoms with Gasteiger partial charge in [0.25, 0.3) is 17.7 Å². The van der Waals surface area contributed by atoms with Gasteiger partial charge in [-0.15, -0.1) is 0 Å². The van der Waals surface area contributed by atoms with Crippen LogP contribution >= 0.6 is 0 Å². The number of nitrogens with zero attached hydrogens (tertiary/aromatic N) is 1. The molecule has 18 heteroatoms. The Hall–Kier alpha value is -3.89. The molecule has 3 aliphatic rings. The van der Waals surface area contributed by atoms with Gasteiger partial charge in [-0.25, -0.2) is 0 Å². The van der Waals surface area contributed by atoms with E-state index in [-0.39, 0.29) is 42.2 Å². The molecule has 2 fully saturated rings. The molecule has 0 spiro atoms. The Kier molecular flexibility index (Phi) is 11.6. The number of carbonyl (C=O) groups is 3. The van der Waals surface area contributed by atoms with Gasteiger partial charge in [0, 0.05) is 29.5 Å². The molecular weight excluding hydrogens is 678 g/mol. The second-order valence-electron chi connectivity index (χ2n) is 12.6. The summed E-state index contributed by atoms with van der Waals surface area (Å²) in [6.07, 6.45) is -15.0. The molecule has 3 aliphatic heterocycles. The molecule has 2 aromatic carbocycles. The Labute approximate surface area is 290 Å². The van der Waals surface area contributed by atoms with Gasteiger partial charge in [0.2, 0.25) is 0 Å². The maximum Gasteiger partial charge on any atom is 0.264 e. The van der Waals surface area contributed by atoms with Gasteiger partial charge in [0.15, 0.2) is 30.4 Å². The molecule has 3 heterocycles. The van der Waals surface area contributed by atoms with Gasteiger partial charge < -0.3 is 76.1 Å². The summed E-state index contributed by atoms with van der Waals surface area (Å²) < 4.78 is 9.94. The molecule has 12 atom stereocenters. The van der Waals surface area contributed by atoms with Gasteiger partial charge in [-0.05, 0) is 42.3 Å². The molecule has 2 aromatic rings. The lowest BCUT2D eigenvalue weighted by Gasteiger charge is -2.37. The van der Waals surface area contributed by atoms with Crippen molar-refractivity contribution in [3.8, 4) is 0 Å². The van der Waals surface area contributed by atoms with E-state index in [1.807, 2.05) is 0 Å². The van der Waals surface area contributed by atoms with Crippen LogP contribution in [0.15, 0.2) is 54.6 Å². The van der Waals surface area contributed by atoms with Gasteiger partial charge in [0.05, 0.1) is 12.2 Å². The average molecular weight is 720 g/mol. The van der Waals surface area contributed by atoms with Crippen molar-refractivity contribution in [2.24, 2.45) is 5.92 Å². The number of aliphatic hydroxyl groups excluding tert-OH is 9. The van der Waals surface area contributed by atoms with Crippen LogP contribution in [0, 0.1) is 5.92 Å². The van der Waals surface area contributed by atoms with Crippen molar-refractivity contribution in [2.75, 3.05) is 22.1 Å². The van der Waals surface area contributed by atoms with E-state index in [4.69, 9.17) is 9.47 Å². The van der Waals surface area contributed by atoms with E-state index in [1.54, 1.807) is 31.2 Å². The molecule has 0 unspecified atom stereocenters. The third-order valence-corrected chi connectivity index (χ3v) is 9.17. The maximum atomic E-state index is 14.0. The van der Waals surface area contributed by atoms with E-state index in [0.29, 0.717) is 5.56 Å². The number of rotatable bonds is 10. The molecule has 3 amide bonds. The molecule has 0 saturated carbocycles. The Bertz CT molecular complexity index is 1620. The topological polar surface area (TPSA) is 299 Å². The second kappa shape index (κ2) is 15.4. The van der Waals surface area contributed by atoms with Crippen LogP contribution in [0.4, 0.5) is 17.1 Å². The summed E-state index contributed by atoms with van der Waals surface area (Å²) in [6, 6.07) is 10.3. The van der Waals surface area contributed by atoms with Crippen LogP contribution in [0.1, 0.15) is 24.5 Å². The van der Waals surface area contributed by atoms with E-state index in [1.165, 1.54) is 35.2 Å². The third-order valence-electron chi connectivity index (χ3n) is 9.17. The number of hydrogen-bond donors (Lipinski definition) is 12. The molecule has 0 radical (unpaired) electrons. The van der Waals surface area contributed by atoms with E-state index < -0.39 is 90.7 Å². The molecule has 0 bridgehead atoms. The van der Waals surface area contributed by atoms with Crippen LogP contribution in [-0.2, 0) is 36.0 Å².